The summed E-state index contributed by atoms with van der Waals surface area (Å²) in [6.45, 7) is 0.0116. The molecule has 1 aliphatic rings. The zero-order chi connectivity index (χ0) is 24.2. The van der Waals surface area contributed by atoms with E-state index in [2.05, 4.69) is 0 Å². The van der Waals surface area contributed by atoms with Crippen molar-refractivity contribution in [2.75, 3.05) is 25.6 Å². The van der Waals surface area contributed by atoms with Gasteiger partial charge in [-0.15, -0.1) is 0 Å². The Morgan fingerprint density at radius 1 is 1.25 bits per heavy atom. The normalized spacial score (nSPS) is 19.2. The van der Waals surface area contributed by atoms with Crippen LogP contribution in [0.2, 0.25) is 0 Å². The number of rotatable bonds is 11. The van der Waals surface area contributed by atoms with Crippen molar-refractivity contribution in [1.82, 2.24) is 9.80 Å². The van der Waals surface area contributed by atoms with E-state index >= 15 is 0 Å². The largest absolute Gasteiger partial charge is 0.382 e. The van der Waals surface area contributed by atoms with Gasteiger partial charge < -0.3 is 24.7 Å². The lowest BCUT2D eigenvalue weighted by Gasteiger charge is -2.24. The Hall–Kier alpha value is -1.59. The molecule has 7 nitrogen and oxygen atoms in total. The number of likely N-dealkylation sites (N-methyl/N-ethyl adjacent to an activating group) is 1. The van der Waals surface area contributed by atoms with E-state index in [1.54, 1.807) is 6.07 Å². The van der Waals surface area contributed by atoms with Gasteiger partial charge in [-0.05, 0) is 6.42 Å². The number of carbonyl (C=O) groups excluding carboxylic acids is 1. The van der Waals surface area contributed by atoms with Gasteiger partial charge in [0.25, 0.3) is 5.25 Å². The van der Waals surface area contributed by atoms with Crippen molar-refractivity contribution in [3.8, 4) is 0 Å². The fraction of sp³-hybridized carbons (Fsp3) is 0.526. The lowest BCUT2D eigenvalue weighted by atomic mass is 10.0. The standard InChI is InChI=1S/C19H25F4N2O5PS/c1-24-12-15(8-9-16(26)19(22,23)14-6-3-2-4-7-14)25(17(24)27)11-5-10-18(20,21)32-13-31(28,29)30/h2-4,6-9,15-16,26H,5,10-13H2,1H3,(H2,28,29,30)/t15-,16?/m0/s1. The molecule has 1 saturated heterocycles. The quantitative estimate of drug-likeness (QED) is 0.244. The number of thioether (sulfide) groups is 1. The molecule has 0 aliphatic carbocycles. The molecule has 180 valence electrons. The number of aliphatic hydroxyl groups is 1. The molecule has 32 heavy (non-hydrogen) atoms. The van der Waals surface area contributed by atoms with Crippen molar-refractivity contribution in [1.29, 1.82) is 0 Å². The highest BCUT2D eigenvalue weighted by atomic mass is 32.2. The minimum absolute atomic E-state index is 0.116. The fourth-order valence-corrected chi connectivity index (χ4v) is 4.85. The van der Waals surface area contributed by atoms with Crippen molar-refractivity contribution in [2.24, 2.45) is 0 Å². The molecule has 1 unspecified atom stereocenters. The molecule has 1 aliphatic heterocycles. The van der Waals surface area contributed by atoms with Crippen LogP contribution in [-0.2, 0) is 10.5 Å². The average Bonchev–Trinajstić information content (AvgIpc) is 2.98. The Morgan fingerprint density at radius 2 is 1.88 bits per heavy atom. The van der Waals surface area contributed by atoms with Crippen LogP contribution in [0.25, 0.3) is 0 Å². The summed E-state index contributed by atoms with van der Waals surface area (Å²) in [5.41, 5.74) is -1.40. The van der Waals surface area contributed by atoms with Gasteiger partial charge in [-0.1, -0.05) is 54.2 Å². The van der Waals surface area contributed by atoms with Crippen molar-refractivity contribution >= 4 is 25.4 Å². The van der Waals surface area contributed by atoms with Crippen LogP contribution >= 0.6 is 19.4 Å². The molecule has 1 heterocycles. The minimum Gasteiger partial charge on any atom is -0.382 e. The van der Waals surface area contributed by atoms with Gasteiger partial charge in [0.05, 0.1) is 6.04 Å². The molecule has 1 fully saturated rings. The summed E-state index contributed by atoms with van der Waals surface area (Å²) in [6.07, 6.45) is -0.906. The van der Waals surface area contributed by atoms with E-state index in [4.69, 9.17) is 9.79 Å². The monoisotopic (exact) mass is 500 g/mol. The van der Waals surface area contributed by atoms with Crippen LogP contribution < -0.4 is 0 Å². The van der Waals surface area contributed by atoms with E-state index in [1.807, 2.05) is 0 Å². The average molecular weight is 500 g/mol. The molecule has 3 N–H and O–H groups in total. The second kappa shape index (κ2) is 10.6. The molecule has 0 radical (unpaired) electrons. The van der Waals surface area contributed by atoms with Gasteiger partial charge >= 0.3 is 19.5 Å². The second-order valence-corrected chi connectivity index (χ2v) is 10.7. The number of benzene rings is 1. The van der Waals surface area contributed by atoms with Gasteiger partial charge in [0, 0.05) is 32.1 Å². The van der Waals surface area contributed by atoms with Gasteiger partial charge in [-0.3, -0.25) is 4.57 Å². The maximum atomic E-state index is 14.4. The zero-order valence-corrected chi connectivity index (χ0v) is 18.9. The molecule has 2 amide bonds. The van der Waals surface area contributed by atoms with Crippen LogP contribution in [0.3, 0.4) is 0 Å². The third-order valence-corrected chi connectivity index (χ3v) is 7.28. The lowest BCUT2D eigenvalue weighted by molar-refractivity contribution is -0.0929. The Labute approximate surface area is 187 Å². The molecule has 1 aromatic rings. The molecule has 0 spiro atoms. The summed E-state index contributed by atoms with van der Waals surface area (Å²) in [7, 11) is -3.11. The molecule has 0 aromatic heterocycles. The van der Waals surface area contributed by atoms with E-state index in [0.717, 1.165) is 6.08 Å². The van der Waals surface area contributed by atoms with Crippen LogP contribution in [-0.4, -0.2) is 73.8 Å². The SMILES string of the molecule is CN1C[C@H](C=CC(O)C(F)(F)c2ccccc2)N(CCCC(F)(F)SCP(=O)(O)O)C1=O. The van der Waals surface area contributed by atoms with E-state index < -0.39 is 48.9 Å². The Morgan fingerprint density at radius 3 is 2.47 bits per heavy atom. The van der Waals surface area contributed by atoms with Crippen LogP contribution in [0.5, 0.6) is 0 Å². The van der Waals surface area contributed by atoms with Crippen molar-refractivity contribution in [3.05, 3.63) is 48.0 Å². The number of aliphatic hydroxyl groups excluding tert-OH is 1. The number of halogens is 4. The Balaban J connectivity index is 1.99. The van der Waals surface area contributed by atoms with Gasteiger partial charge in [-0.25, -0.2) is 4.79 Å². The molecular formula is C19H25F4N2O5PS. The number of carbonyl (C=O) groups is 1. The predicted molar refractivity (Wildman–Crippen MR) is 113 cm³/mol. The number of amides is 2. The number of urea groups is 1. The maximum Gasteiger partial charge on any atom is 0.335 e. The summed E-state index contributed by atoms with van der Waals surface area (Å²) in [5, 5.41) is 6.60. The smallest absolute Gasteiger partial charge is 0.335 e. The number of nitrogens with zero attached hydrogens (tertiary/aromatic N) is 2. The third kappa shape index (κ3) is 7.48. The fourth-order valence-electron chi connectivity index (χ4n) is 3.14. The number of alkyl halides is 4. The molecule has 13 heteroatoms. The van der Waals surface area contributed by atoms with Crippen LogP contribution in [0.1, 0.15) is 18.4 Å². The first kappa shape index (κ1) is 26.7. The molecule has 0 bridgehead atoms. The summed E-state index contributed by atoms with van der Waals surface area (Å²) in [6, 6.07) is 5.58. The summed E-state index contributed by atoms with van der Waals surface area (Å²) in [4.78, 5) is 32.3. The van der Waals surface area contributed by atoms with Crippen molar-refractivity contribution in [2.45, 2.75) is 36.2 Å². The van der Waals surface area contributed by atoms with Crippen LogP contribution in [0.4, 0.5) is 22.4 Å². The first-order chi connectivity index (χ1) is 14.7. The van der Waals surface area contributed by atoms with Gasteiger partial charge in [-0.2, -0.15) is 17.6 Å². The van der Waals surface area contributed by atoms with E-state index in [0.29, 0.717) is 0 Å². The van der Waals surface area contributed by atoms with Crippen molar-refractivity contribution < 1.29 is 41.8 Å². The molecule has 2 rings (SSSR count). The molecular weight excluding hydrogens is 475 g/mol. The topological polar surface area (TPSA) is 101 Å². The van der Waals surface area contributed by atoms with Crippen molar-refractivity contribution in [3.63, 3.8) is 0 Å². The Kier molecular flexibility index (Phi) is 8.80. The van der Waals surface area contributed by atoms with E-state index in [-0.39, 0.29) is 36.8 Å². The highest BCUT2D eigenvalue weighted by molar-refractivity contribution is 8.05. The van der Waals surface area contributed by atoms with E-state index in [1.165, 1.54) is 47.2 Å². The third-order valence-electron chi connectivity index (χ3n) is 4.79. The highest BCUT2D eigenvalue weighted by Crippen LogP contribution is 2.45. The summed E-state index contributed by atoms with van der Waals surface area (Å²) >= 11 is -0.156. The first-order valence-electron chi connectivity index (χ1n) is 9.61. The maximum absolute atomic E-state index is 14.4. The summed E-state index contributed by atoms with van der Waals surface area (Å²) < 4.78 is 67.3. The first-order valence-corrected chi connectivity index (χ1v) is 12.4. The van der Waals surface area contributed by atoms with Gasteiger partial charge in [0.15, 0.2) is 0 Å². The Bertz CT molecular complexity index is 855. The van der Waals surface area contributed by atoms with Crippen LogP contribution in [0, 0.1) is 0 Å². The van der Waals surface area contributed by atoms with Gasteiger partial charge in [0.2, 0.25) is 0 Å². The second-order valence-electron chi connectivity index (χ2n) is 7.42. The van der Waals surface area contributed by atoms with Crippen LogP contribution in [0.15, 0.2) is 42.5 Å². The molecule has 2 atom stereocenters. The summed E-state index contributed by atoms with van der Waals surface area (Å²) in [5.74, 6) is -3.56. The molecule has 0 saturated carbocycles. The van der Waals surface area contributed by atoms with E-state index in [9.17, 15) is 32.0 Å². The predicted octanol–water partition coefficient (Wildman–Crippen LogP) is 3.67. The lowest BCUT2D eigenvalue weighted by Crippen LogP contribution is -2.35. The minimum atomic E-state index is -4.58. The highest BCUT2D eigenvalue weighted by Gasteiger charge is 2.40. The zero-order valence-electron chi connectivity index (χ0n) is 17.2. The number of hydrogen-bond donors (Lipinski definition) is 3. The number of hydrogen-bond acceptors (Lipinski definition) is 4. The van der Waals surface area contributed by atoms with Gasteiger partial charge in [0.1, 0.15) is 11.6 Å². The molecule has 1 aromatic carbocycles.